The fraction of sp³-hybridized carbons (Fsp3) is 0.286. The fourth-order valence-corrected chi connectivity index (χ4v) is 0.884. The van der Waals surface area contributed by atoms with E-state index in [9.17, 15) is 4.79 Å². The van der Waals surface area contributed by atoms with Crippen molar-refractivity contribution in [2.75, 3.05) is 13.7 Å². The van der Waals surface area contributed by atoms with Gasteiger partial charge in [0, 0.05) is 0 Å². The van der Waals surface area contributed by atoms with Crippen LogP contribution in [0.5, 0.6) is 0 Å². The van der Waals surface area contributed by atoms with Crippen molar-refractivity contribution in [1.29, 1.82) is 0 Å². The summed E-state index contributed by atoms with van der Waals surface area (Å²) in [5.74, 6) is 0.125. The maximum atomic E-state index is 10.7. The van der Waals surface area contributed by atoms with E-state index in [1.165, 1.54) is 7.11 Å². The van der Waals surface area contributed by atoms with E-state index in [2.05, 4.69) is 5.32 Å². The predicted molar refractivity (Wildman–Crippen MR) is 40.4 cm³/mol. The number of hydrogen-bond donors (Lipinski definition) is 2. The van der Waals surface area contributed by atoms with Gasteiger partial charge >= 0.3 is 0 Å². The van der Waals surface area contributed by atoms with Crippen molar-refractivity contribution in [2.24, 2.45) is 5.73 Å². The second kappa shape index (κ2) is 3.09. The van der Waals surface area contributed by atoms with Gasteiger partial charge in [-0.25, -0.2) is 0 Å². The first-order valence-electron chi connectivity index (χ1n) is 3.22. The van der Waals surface area contributed by atoms with E-state index >= 15 is 0 Å². The highest BCUT2D eigenvalue weighted by Crippen LogP contribution is 2.08. The Balaban J connectivity index is 2.92. The standard InChI is InChI=1S/C7H10N2O2/c1-11-6-4-9-3-2-5(6)7(8)10/h2-3,9H,4H2,1H3,(H2,8,10). The molecule has 0 radical (unpaired) electrons. The van der Waals surface area contributed by atoms with Crippen molar-refractivity contribution < 1.29 is 9.53 Å². The Morgan fingerprint density at radius 2 is 2.55 bits per heavy atom. The van der Waals surface area contributed by atoms with Gasteiger partial charge in [0.15, 0.2) is 0 Å². The molecule has 0 spiro atoms. The number of nitrogens with one attached hydrogen (secondary N) is 1. The van der Waals surface area contributed by atoms with Crippen molar-refractivity contribution in [3.05, 3.63) is 23.6 Å². The molecule has 0 saturated carbocycles. The van der Waals surface area contributed by atoms with E-state index < -0.39 is 5.91 Å². The molecule has 1 aliphatic heterocycles. The Labute approximate surface area is 64.7 Å². The van der Waals surface area contributed by atoms with Crippen LogP contribution in [0.3, 0.4) is 0 Å². The van der Waals surface area contributed by atoms with Gasteiger partial charge in [-0.3, -0.25) is 4.79 Å². The lowest BCUT2D eigenvalue weighted by atomic mass is 10.2. The maximum absolute atomic E-state index is 10.7. The number of carbonyl (C=O) groups is 1. The van der Waals surface area contributed by atoms with Crippen LogP contribution in [0.25, 0.3) is 0 Å². The number of methoxy groups -OCH3 is 1. The molecule has 1 amide bonds. The molecule has 0 saturated heterocycles. The van der Waals surface area contributed by atoms with Crippen LogP contribution in [0.2, 0.25) is 0 Å². The van der Waals surface area contributed by atoms with Gasteiger partial charge in [0.1, 0.15) is 5.76 Å². The van der Waals surface area contributed by atoms with Crippen LogP contribution in [0, 0.1) is 0 Å². The molecular weight excluding hydrogens is 144 g/mol. The molecule has 4 heteroatoms. The van der Waals surface area contributed by atoms with Crippen LogP contribution < -0.4 is 11.1 Å². The van der Waals surface area contributed by atoms with Gasteiger partial charge in [0.05, 0.1) is 19.2 Å². The molecule has 0 aromatic heterocycles. The molecule has 0 atom stereocenters. The van der Waals surface area contributed by atoms with E-state index in [-0.39, 0.29) is 0 Å². The zero-order valence-electron chi connectivity index (χ0n) is 6.26. The van der Waals surface area contributed by atoms with Gasteiger partial charge in [-0.05, 0) is 12.3 Å². The molecular formula is C7H10N2O2. The second-order valence-corrected chi connectivity index (χ2v) is 2.12. The summed E-state index contributed by atoms with van der Waals surface area (Å²) in [5, 5.41) is 2.90. The van der Waals surface area contributed by atoms with Crippen molar-refractivity contribution >= 4 is 5.91 Å². The summed E-state index contributed by atoms with van der Waals surface area (Å²) in [6.07, 6.45) is 3.27. The number of amides is 1. The molecule has 1 aliphatic rings. The summed E-state index contributed by atoms with van der Waals surface area (Å²) in [4.78, 5) is 10.7. The smallest absolute Gasteiger partial charge is 0.252 e. The number of carbonyl (C=O) groups excluding carboxylic acids is 1. The number of rotatable bonds is 2. The summed E-state index contributed by atoms with van der Waals surface area (Å²) in [5.41, 5.74) is 5.51. The molecule has 0 fully saturated rings. The lowest BCUT2D eigenvalue weighted by molar-refractivity contribution is -0.114. The first-order valence-corrected chi connectivity index (χ1v) is 3.22. The number of dihydropyridines is 1. The Morgan fingerprint density at radius 3 is 3.00 bits per heavy atom. The molecule has 1 heterocycles. The van der Waals surface area contributed by atoms with E-state index in [1.54, 1.807) is 12.3 Å². The average Bonchev–Trinajstić information content (AvgIpc) is 2.04. The largest absolute Gasteiger partial charge is 0.498 e. The van der Waals surface area contributed by atoms with Crippen LogP contribution in [0.15, 0.2) is 23.6 Å². The first-order chi connectivity index (χ1) is 5.25. The van der Waals surface area contributed by atoms with Gasteiger partial charge in [0.2, 0.25) is 0 Å². The number of hydrogen-bond acceptors (Lipinski definition) is 3. The molecule has 0 bridgehead atoms. The minimum atomic E-state index is -0.459. The van der Waals surface area contributed by atoms with E-state index in [4.69, 9.17) is 10.5 Å². The van der Waals surface area contributed by atoms with Crippen LogP contribution >= 0.6 is 0 Å². The third-order valence-electron chi connectivity index (χ3n) is 1.44. The normalized spacial score (nSPS) is 16.1. The summed E-state index contributed by atoms with van der Waals surface area (Å²) in [7, 11) is 1.51. The van der Waals surface area contributed by atoms with Crippen molar-refractivity contribution in [3.63, 3.8) is 0 Å². The minimum absolute atomic E-state index is 0.436. The molecule has 4 nitrogen and oxygen atoms in total. The van der Waals surface area contributed by atoms with Crippen LogP contribution in [0.4, 0.5) is 0 Å². The summed E-state index contributed by atoms with van der Waals surface area (Å²) in [6, 6.07) is 0. The molecule has 3 N–H and O–H groups in total. The molecule has 11 heavy (non-hydrogen) atoms. The van der Waals surface area contributed by atoms with Crippen molar-refractivity contribution in [2.45, 2.75) is 0 Å². The quantitative estimate of drug-likeness (QED) is 0.563. The van der Waals surface area contributed by atoms with Gasteiger partial charge in [-0.2, -0.15) is 0 Å². The van der Waals surface area contributed by atoms with Crippen molar-refractivity contribution in [3.8, 4) is 0 Å². The first kappa shape index (κ1) is 7.65. The summed E-state index contributed by atoms with van der Waals surface area (Å²) in [6.45, 7) is 0.519. The number of ether oxygens (including phenoxy) is 1. The molecule has 0 aromatic carbocycles. The van der Waals surface area contributed by atoms with Crippen molar-refractivity contribution in [1.82, 2.24) is 5.32 Å². The Kier molecular flexibility index (Phi) is 2.15. The Bertz CT molecular complexity index is 231. The summed E-state index contributed by atoms with van der Waals surface area (Å²) < 4.78 is 4.93. The van der Waals surface area contributed by atoms with E-state index in [1.807, 2.05) is 0 Å². The molecule has 60 valence electrons. The number of nitrogens with two attached hydrogens (primary N) is 1. The Morgan fingerprint density at radius 1 is 1.82 bits per heavy atom. The number of primary amides is 1. The second-order valence-electron chi connectivity index (χ2n) is 2.12. The van der Waals surface area contributed by atoms with Crippen LogP contribution in [-0.2, 0) is 9.53 Å². The van der Waals surface area contributed by atoms with Crippen LogP contribution in [-0.4, -0.2) is 19.6 Å². The highest BCUT2D eigenvalue weighted by Gasteiger charge is 2.12. The topological polar surface area (TPSA) is 64.3 Å². The van der Waals surface area contributed by atoms with Crippen LogP contribution in [0.1, 0.15) is 0 Å². The highest BCUT2D eigenvalue weighted by molar-refractivity contribution is 5.95. The average molecular weight is 154 g/mol. The van der Waals surface area contributed by atoms with Gasteiger partial charge in [-0.15, -0.1) is 0 Å². The van der Waals surface area contributed by atoms with Gasteiger partial charge < -0.3 is 15.8 Å². The molecule has 0 unspecified atom stereocenters. The SMILES string of the molecule is COC1=C(C(N)=O)C=CNC1. The molecule has 1 rings (SSSR count). The zero-order chi connectivity index (χ0) is 8.27. The fourth-order valence-electron chi connectivity index (χ4n) is 0.884. The lowest BCUT2D eigenvalue weighted by Crippen LogP contribution is -2.23. The van der Waals surface area contributed by atoms with Gasteiger partial charge in [0.25, 0.3) is 5.91 Å². The summed E-state index contributed by atoms with van der Waals surface area (Å²) >= 11 is 0. The third-order valence-corrected chi connectivity index (χ3v) is 1.44. The maximum Gasteiger partial charge on any atom is 0.252 e. The van der Waals surface area contributed by atoms with E-state index in [0.29, 0.717) is 17.9 Å². The highest BCUT2D eigenvalue weighted by atomic mass is 16.5. The molecule has 0 aliphatic carbocycles. The minimum Gasteiger partial charge on any atom is -0.498 e. The third kappa shape index (κ3) is 1.52. The van der Waals surface area contributed by atoms with Gasteiger partial charge in [-0.1, -0.05) is 0 Å². The lowest BCUT2D eigenvalue weighted by Gasteiger charge is -2.13. The Hall–Kier alpha value is -1.45. The predicted octanol–water partition coefficient (Wildman–Crippen LogP) is -0.511. The zero-order valence-corrected chi connectivity index (χ0v) is 6.26. The monoisotopic (exact) mass is 154 g/mol. The van der Waals surface area contributed by atoms with E-state index in [0.717, 1.165) is 0 Å². The molecule has 0 aromatic rings.